The minimum atomic E-state index is -0.523. The third kappa shape index (κ3) is 4.71. The van der Waals surface area contributed by atoms with Crippen LogP contribution in [0.1, 0.15) is 36.0 Å². The lowest BCUT2D eigenvalue weighted by molar-refractivity contribution is 0.0983. The van der Waals surface area contributed by atoms with Crippen LogP contribution in [0.3, 0.4) is 0 Å². The van der Waals surface area contributed by atoms with Crippen molar-refractivity contribution in [3.63, 3.8) is 0 Å². The molecule has 3 N–H and O–H groups in total. The lowest BCUT2D eigenvalue weighted by Gasteiger charge is -2.29. The van der Waals surface area contributed by atoms with Crippen LogP contribution in [-0.2, 0) is 0 Å². The average molecular weight is 425 g/mol. The molecule has 0 radical (unpaired) electrons. The minimum Gasteiger partial charge on any atom is -0.497 e. The molecule has 1 aliphatic rings. The molecule has 3 aromatic rings. The number of benzene rings is 1. The number of amides is 1. The lowest BCUT2D eigenvalue weighted by Crippen LogP contribution is -2.31. The van der Waals surface area contributed by atoms with Gasteiger partial charge in [-0.05, 0) is 62.1 Å². The summed E-state index contributed by atoms with van der Waals surface area (Å²) < 4.78 is 11.2. The Morgan fingerprint density at radius 2 is 1.93 bits per heavy atom. The third-order valence-corrected chi connectivity index (χ3v) is 5.98. The van der Waals surface area contributed by atoms with E-state index in [1.54, 1.807) is 36.8 Å². The highest BCUT2D eigenvalue weighted by Crippen LogP contribution is 2.30. The maximum absolute atomic E-state index is 11.5. The molecule has 156 valence electrons. The van der Waals surface area contributed by atoms with Crippen LogP contribution in [0.25, 0.3) is 11.3 Å². The van der Waals surface area contributed by atoms with Gasteiger partial charge in [0, 0.05) is 23.2 Å². The van der Waals surface area contributed by atoms with Crippen LogP contribution in [0.4, 0.5) is 5.13 Å². The molecule has 2 aromatic heterocycles. The number of hydrogen-bond donors (Lipinski definition) is 2. The Labute approximate surface area is 179 Å². The number of nitrogens with zero attached hydrogens (tertiary/aromatic N) is 2. The number of hydrogen-bond acceptors (Lipinski definition) is 7. The fraction of sp³-hybridized carbons (Fsp3) is 0.318. The first-order valence-corrected chi connectivity index (χ1v) is 10.8. The van der Waals surface area contributed by atoms with Gasteiger partial charge < -0.3 is 20.5 Å². The van der Waals surface area contributed by atoms with Crippen LogP contribution in [0.5, 0.6) is 11.6 Å². The lowest BCUT2D eigenvalue weighted by atomic mass is 9.93. The Kier molecular flexibility index (Phi) is 6.13. The first-order valence-electron chi connectivity index (χ1n) is 9.90. The number of ether oxygens (including phenoxy) is 2. The zero-order valence-corrected chi connectivity index (χ0v) is 17.5. The second kappa shape index (κ2) is 9.13. The van der Waals surface area contributed by atoms with E-state index in [-0.39, 0.29) is 6.10 Å². The van der Waals surface area contributed by atoms with Gasteiger partial charge in [-0.2, -0.15) is 0 Å². The predicted molar refractivity (Wildman–Crippen MR) is 117 cm³/mol. The Balaban J connectivity index is 1.31. The van der Waals surface area contributed by atoms with E-state index in [0.717, 1.165) is 47.8 Å². The van der Waals surface area contributed by atoms with Gasteiger partial charge in [-0.15, -0.1) is 11.3 Å². The molecule has 2 heterocycles. The van der Waals surface area contributed by atoms with Gasteiger partial charge in [-0.1, -0.05) is 0 Å². The second-order valence-corrected chi connectivity index (χ2v) is 8.08. The summed E-state index contributed by atoms with van der Waals surface area (Å²) in [6.45, 7) is 0. The number of methoxy groups -OCH3 is 1. The molecule has 1 fully saturated rings. The third-order valence-electron chi connectivity index (χ3n) is 5.21. The topological polar surface area (TPSA) is 99.4 Å². The summed E-state index contributed by atoms with van der Waals surface area (Å²) in [6.07, 6.45) is 5.31. The molecule has 30 heavy (non-hydrogen) atoms. The van der Waals surface area contributed by atoms with Gasteiger partial charge in [0.25, 0.3) is 5.91 Å². The van der Waals surface area contributed by atoms with E-state index in [0.29, 0.717) is 17.5 Å². The monoisotopic (exact) mass is 424 g/mol. The number of anilines is 1. The van der Waals surface area contributed by atoms with E-state index in [4.69, 9.17) is 20.2 Å². The first kappa shape index (κ1) is 20.2. The predicted octanol–water partition coefficient (Wildman–Crippen LogP) is 4.11. The molecule has 0 aliphatic heterocycles. The largest absolute Gasteiger partial charge is 0.497 e. The minimum absolute atomic E-state index is 0.0298. The number of nitrogens with two attached hydrogens (primary N) is 1. The smallest absolute Gasteiger partial charge is 0.254 e. The maximum atomic E-state index is 11.5. The molecular weight excluding hydrogens is 400 g/mol. The quantitative estimate of drug-likeness (QED) is 0.592. The second-order valence-electron chi connectivity index (χ2n) is 7.22. The Morgan fingerprint density at radius 1 is 1.17 bits per heavy atom. The summed E-state index contributed by atoms with van der Waals surface area (Å²) in [5.41, 5.74) is 7.75. The van der Waals surface area contributed by atoms with Gasteiger partial charge in [0.15, 0.2) is 5.13 Å². The van der Waals surface area contributed by atoms with Crippen LogP contribution in [-0.4, -0.2) is 35.1 Å². The van der Waals surface area contributed by atoms with E-state index >= 15 is 0 Å². The van der Waals surface area contributed by atoms with Crippen LogP contribution in [0, 0.1) is 0 Å². The van der Waals surface area contributed by atoms with Gasteiger partial charge in [0.05, 0.1) is 12.8 Å². The van der Waals surface area contributed by atoms with Crippen LogP contribution >= 0.6 is 11.3 Å². The van der Waals surface area contributed by atoms with Crippen molar-refractivity contribution in [3.8, 4) is 22.9 Å². The van der Waals surface area contributed by atoms with Crippen molar-refractivity contribution in [2.24, 2.45) is 5.73 Å². The Hall–Kier alpha value is -3.13. The summed E-state index contributed by atoms with van der Waals surface area (Å²) in [4.78, 5) is 20.4. The van der Waals surface area contributed by atoms with Crippen molar-refractivity contribution in [1.82, 2.24) is 9.97 Å². The number of nitrogens with one attached hydrogen (secondary N) is 1. The number of primary amides is 1. The van der Waals surface area contributed by atoms with Crippen molar-refractivity contribution >= 4 is 22.4 Å². The summed E-state index contributed by atoms with van der Waals surface area (Å²) in [6, 6.07) is 11.6. The SMILES string of the molecule is COc1ccc(-c2csc(N[C@H]3CC[C@H](Oc4ncccc4C(N)=O)CC3)n2)cc1. The molecule has 1 aliphatic carbocycles. The highest BCUT2D eigenvalue weighted by molar-refractivity contribution is 7.14. The zero-order chi connectivity index (χ0) is 20.9. The molecule has 1 saturated carbocycles. The van der Waals surface area contributed by atoms with Crippen LogP contribution in [0.15, 0.2) is 48.0 Å². The number of thiazole rings is 1. The van der Waals surface area contributed by atoms with E-state index in [1.807, 2.05) is 24.3 Å². The number of aromatic nitrogens is 2. The fourth-order valence-electron chi connectivity index (χ4n) is 3.56. The van der Waals surface area contributed by atoms with Crippen molar-refractivity contribution in [3.05, 3.63) is 53.5 Å². The molecule has 0 saturated heterocycles. The summed E-state index contributed by atoms with van der Waals surface area (Å²) in [7, 11) is 1.66. The molecule has 4 rings (SSSR count). The molecule has 7 nitrogen and oxygen atoms in total. The standard InChI is InChI=1S/C22H24N4O3S/c1-28-16-8-4-14(5-9-16)19-13-30-22(26-19)25-15-6-10-17(11-7-15)29-21-18(20(23)27)3-2-12-24-21/h2-5,8-9,12-13,15,17H,6-7,10-11H2,1H3,(H2,23,27)(H,25,26)/t15-,17-. The van der Waals surface area contributed by atoms with Crippen molar-refractivity contribution in [2.45, 2.75) is 37.8 Å². The molecule has 0 bridgehead atoms. The molecule has 1 aromatic carbocycles. The number of rotatable bonds is 7. The number of carbonyl (C=O) groups is 1. The average Bonchev–Trinajstić information content (AvgIpc) is 3.24. The van der Waals surface area contributed by atoms with Crippen LogP contribution < -0.4 is 20.5 Å². The molecular formula is C22H24N4O3S. The highest BCUT2D eigenvalue weighted by atomic mass is 32.1. The summed E-state index contributed by atoms with van der Waals surface area (Å²) in [5.74, 6) is 0.635. The first-order chi connectivity index (χ1) is 14.6. The Bertz CT molecular complexity index is 998. The van der Waals surface area contributed by atoms with Gasteiger partial charge in [0.2, 0.25) is 5.88 Å². The Morgan fingerprint density at radius 3 is 2.63 bits per heavy atom. The summed E-state index contributed by atoms with van der Waals surface area (Å²) in [5, 5.41) is 6.53. The number of pyridine rings is 1. The number of carbonyl (C=O) groups excluding carboxylic acids is 1. The van der Waals surface area contributed by atoms with Gasteiger partial charge in [-0.25, -0.2) is 9.97 Å². The van der Waals surface area contributed by atoms with Gasteiger partial charge in [-0.3, -0.25) is 4.79 Å². The summed E-state index contributed by atoms with van der Waals surface area (Å²) >= 11 is 1.61. The molecule has 0 unspecified atom stereocenters. The van der Waals surface area contributed by atoms with Crippen molar-refractivity contribution < 1.29 is 14.3 Å². The highest BCUT2D eigenvalue weighted by Gasteiger charge is 2.24. The van der Waals surface area contributed by atoms with Crippen LogP contribution in [0.2, 0.25) is 0 Å². The van der Waals surface area contributed by atoms with E-state index in [1.165, 1.54) is 0 Å². The molecule has 0 atom stereocenters. The fourth-order valence-corrected chi connectivity index (χ4v) is 4.36. The van der Waals surface area contributed by atoms with Gasteiger partial charge >= 0.3 is 0 Å². The normalized spacial score (nSPS) is 18.6. The molecule has 8 heteroatoms. The van der Waals surface area contributed by atoms with E-state index in [9.17, 15) is 4.79 Å². The maximum Gasteiger partial charge on any atom is 0.254 e. The van der Waals surface area contributed by atoms with Crippen molar-refractivity contribution in [2.75, 3.05) is 12.4 Å². The van der Waals surface area contributed by atoms with E-state index in [2.05, 4.69) is 15.7 Å². The molecule has 1 amide bonds. The zero-order valence-electron chi connectivity index (χ0n) is 16.7. The van der Waals surface area contributed by atoms with Crippen molar-refractivity contribution in [1.29, 1.82) is 0 Å². The van der Waals surface area contributed by atoms with Gasteiger partial charge in [0.1, 0.15) is 17.4 Å². The molecule has 0 spiro atoms. The van der Waals surface area contributed by atoms with E-state index < -0.39 is 5.91 Å².